The van der Waals surface area contributed by atoms with E-state index in [1.807, 2.05) is 31.2 Å². The van der Waals surface area contributed by atoms with Crippen molar-refractivity contribution in [2.75, 3.05) is 18.4 Å². The normalized spacial score (nSPS) is 15.9. The maximum absolute atomic E-state index is 12.6. The minimum atomic E-state index is -3.48. The summed E-state index contributed by atoms with van der Waals surface area (Å²) in [5.74, 6) is -0.105. The molecule has 1 N–H and O–H groups in total. The van der Waals surface area contributed by atoms with E-state index in [1.165, 1.54) is 21.2 Å². The quantitative estimate of drug-likeness (QED) is 0.624. The molecule has 30 heavy (non-hydrogen) atoms. The number of nitrogens with zero attached hydrogens (tertiary/aromatic N) is 3. The zero-order valence-electron chi connectivity index (χ0n) is 16.4. The second-order valence-corrected chi connectivity index (χ2v) is 10.4. The molecule has 10 heteroatoms. The zero-order chi connectivity index (χ0) is 21.1. The van der Waals surface area contributed by atoms with E-state index in [2.05, 4.69) is 15.5 Å². The van der Waals surface area contributed by atoms with E-state index in [-0.39, 0.29) is 17.8 Å². The molecule has 1 aromatic carbocycles. The Labute approximate surface area is 179 Å². The summed E-state index contributed by atoms with van der Waals surface area (Å²) < 4.78 is 32.5. The third-order valence-electron chi connectivity index (χ3n) is 5.09. The van der Waals surface area contributed by atoms with Gasteiger partial charge < -0.3 is 4.42 Å². The molecule has 4 rings (SSSR count). The van der Waals surface area contributed by atoms with Crippen molar-refractivity contribution in [3.8, 4) is 0 Å². The number of carbonyl (C=O) groups excluding carboxylic acids is 1. The van der Waals surface area contributed by atoms with E-state index in [0.29, 0.717) is 42.5 Å². The lowest BCUT2D eigenvalue weighted by molar-refractivity contribution is -0.121. The van der Waals surface area contributed by atoms with Gasteiger partial charge in [-0.3, -0.25) is 10.1 Å². The fraction of sp³-hybridized carbons (Fsp3) is 0.350. The zero-order valence-corrected chi connectivity index (χ0v) is 18.1. The van der Waals surface area contributed by atoms with Gasteiger partial charge >= 0.3 is 6.01 Å². The second kappa shape index (κ2) is 8.66. The molecule has 1 fully saturated rings. The molecule has 158 valence electrons. The molecule has 3 heterocycles. The number of thiophene rings is 1. The Morgan fingerprint density at radius 1 is 1.20 bits per heavy atom. The number of amides is 1. The first kappa shape index (κ1) is 20.7. The Balaban J connectivity index is 1.31. The molecule has 1 aliphatic rings. The van der Waals surface area contributed by atoms with Crippen molar-refractivity contribution in [1.82, 2.24) is 14.5 Å². The number of aryl methyl sites for hydroxylation is 1. The molecule has 0 radical (unpaired) electrons. The van der Waals surface area contributed by atoms with Crippen molar-refractivity contribution in [2.24, 2.45) is 5.92 Å². The van der Waals surface area contributed by atoms with Crippen LogP contribution in [0.25, 0.3) is 0 Å². The van der Waals surface area contributed by atoms with Gasteiger partial charge in [-0.05, 0) is 36.8 Å². The van der Waals surface area contributed by atoms with Gasteiger partial charge in [0.05, 0.1) is 6.42 Å². The van der Waals surface area contributed by atoms with Gasteiger partial charge in [0, 0.05) is 19.0 Å². The molecular weight excluding hydrogens is 424 g/mol. The van der Waals surface area contributed by atoms with Crippen molar-refractivity contribution in [3.63, 3.8) is 0 Å². The highest BCUT2D eigenvalue weighted by Gasteiger charge is 2.33. The van der Waals surface area contributed by atoms with Gasteiger partial charge in [-0.2, -0.15) is 4.31 Å². The third-order valence-corrected chi connectivity index (χ3v) is 8.36. The molecule has 0 aliphatic carbocycles. The van der Waals surface area contributed by atoms with Gasteiger partial charge in [-0.1, -0.05) is 41.0 Å². The van der Waals surface area contributed by atoms with E-state index < -0.39 is 10.0 Å². The number of sulfonamides is 1. The Kier molecular flexibility index (Phi) is 5.98. The summed E-state index contributed by atoms with van der Waals surface area (Å²) in [5, 5.41) is 12.3. The van der Waals surface area contributed by atoms with Gasteiger partial charge in [0.15, 0.2) is 0 Å². The van der Waals surface area contributed by atoms with Crippen LogP contribution in [0.5, 0.6) is 0 Å². The van der Waals surface area contributed by atoms with E-state index in [9.17, 15) is 13.2 Å². The van der Waals surface area contributed by atoms with Crippen molar-refractivity contribution in [3.05, 3.63) is 58.8 Å². The summed E-state index contributed by atoms with van der Waals surface area (Å²) in [5.41, 5.74) is 2.22. The number of carbonyl (C=O) groups is 1. The minimum Gasteiger partial charge on any atom is -0.407 e. The summed E-state index contributed by atoms with van der Waals surface area (Å²) in [4.78, 5) is 12.6. The van der Waals surface area contributed by atoms with Crippen LogP contribution in [-0.4, -0.2) is 41.9 Å². The number of piperidine rings is 1. The smallest absolute Gasteiger partial charge is 0.322 e. The number of anilines is 1. The lowest BCUT2D eigenvalue weighted by Gasteiger charge is -2.29. The van der Waals surface area contributed by atoms with E-state index in [4.69, 9.17) is 4.42 Å². The van der Waals surface area contributed by atoms with Gasteiger partial charge in [0.2, 0.25) is 11.8 Å². The van der Waals surface area contributed by atoms with Gasteiger partial charge in [0.1, 0.15) is 4.21 Å². The number of aromatic nitrogens is 2. The van der Waals surface area contributed by atoms with Crippen molar-refractivity contribution in [1.29, 1.82) is 0 Å². The highest BCUT2D eigenvalue weighted by atomic mass is 32.2. The molecule has 0 bridgehead atoms. The fourth-order valence-electron chi connectivity index (χ4n) is 3.36. The number of hydrogen-bond donors (Lipinski definition) is 1. The maximum atomic E-state index is 12.6. The molecule has 3 aromatic rings. The monoisotopic (exact) mass is 446 g/mol. The Hall–Kier alpha value is -2.56. The lowest BCUT2D eigenvalue weighted by Crippen LogP contribution is -2.41. The molecule has 2 aromatic heterocycles. The van der Waals surface area contributed by atoms with Crippen LogP contribution in [0.2, 0.25) is 0 Å². The topological polar surface area (TPSA) is 105 Å². The molecule has 0 unspecified atom stereocenters. The average molecular weight is 447 g/mol. The van der Waals surface area contributed by atoms with Crippen molar-refractivity contribution < 1.29 is 17.6 Å². The first-order valence-corrected chi connectivity index (χ1v) is 12.0. The van der Waals surface area contributed by atoms with Crippen LogP contribution in [0.1, 0.15) is 29.9 Å². The average Bonchev–Trinajstić information content (AvgIpc) is 3.43. The summed E-state index contributed by atoms with van der Waals surface area (Å²) >= 11 is 1.20. The molecule has 1 saturated heterocycles. The predicted octanol–water partition coefficient (Wildman–Crippen LogP) is 3.07. The SMILES string of the molecule is Cc1ccc(Cc2nnc(NC(=O)C3CCN(S(=O)(=O)c4cccs4)CC3)o2)cc1. The Morgan fingerprint density at radius 2 is 1.93 bits per heavy atom. The fourth-order valence-corrected chi connectivity index (χ4v) is 5.97. The van der Waals surface area contributed by atoms with Gasteiger partial charge in [-0.15, -0.1) is 16.4 Å². The number of rotatable bonds is 6. The summed E-state index contributed by atoms with van der Waals surface area (Å²) in [6.07, 6.45) is 1.38. The molecule has 8 nitrogen and oxygen atoms in total. The minimum absolute atomic E-state index is 0.0655. The first-order valence-electron chi connectivity index (χ1n) is 9.64. The second-order valence-electron chi connectivity index (χ2n) is 7.26. The predicted molar refractivity (Wildman–Crippen MR) is 113 cm³/mol. The Morgan fingerprint density at radius 3 is 2.60 bits per heavy atom. The molecule has 0 atom stereocenters. The van der Waals surface area contributed by atoms with Crippen LogP contribution in [0.15, 0.2) is 50.4 Å². The molecule has 1 amide bonds. The van der Waals surface area contributed by atoms with E-state index >= 15 is 0 Å². The van der Waals surface area contributed by atoms with Crippen LogP contribution >= 0.6 is 11.3 Å². The van der Waals surface area contributed by atoms with Crippen LogP contribution in [-0.2, 0) is 21.2 Å². The number of benzene rings is 1. The number of hydrogen-bond acceptors (Lipinski definition) is 7. The number of nitrogens with one attached hydrogen (secondary N) is 1. The molecule has 0 saturated carbocycles. The van der Waals surface area contributed by atoms with Crippen LogP contribution in [0, 0.1) is 12.8 Å². The van der Waals surface area contributed by atoms with Crippen molar-refractivity contribution in [2.45, 2.75) is 30.4 Å². The van der Waals surface area contributed by atoms with Gasteiger partial charge in [-0.25, -0.2) is 8.42 Å². The van der Waals surface area contributed by atoms with E-state index in [1.54, 1.807) is 17.5 Å². The highest BCUT2D eigenvalue weighted by Crippen LogP contribution is 2.27. The Bertz CT molecular complexity index is 1100. The first-order chi connectivity index (χ1) is 14.4. The molecular formula is C20H22N4O4S2. The van der Waals surface area contributed by atoms with Crippen LogP contribution in [0.4, 0.5) is 6.01 Å². The maximum Gasteiger partial charge on any atom is 0.322 e. The molecule has 0 spiro atoms. The van der Waals surface area contributed by atoms with E-state index in [0.717, 1.165) is 5.56 Å². The largest absolute Gasteiger partial charge is 0.407 e. The van der Waals surface area contributed by atoms with Crippen molar-refractivity contribution >= 4 is 33.3 Å². The lowest BCUT2D eigenvalue weighted by atomic mass is 9.97. The van der Waals surface area contributed by atoms with Crippen LogP contribution < -0.4 is 5.32 Å². The summed E-state index contributed by atoms with van der Waals surface area (Å²) in [6.45, 7) is 2.63. The highest BCUT2D eigenvalue weighted by molar-refractivity contribution is 7.91. The van der Waals surface area contributed by atoms with Crippen LogP contribution in [0.3, 0.4) is 0 Å². The molecule has 1 aliphatic heterocycles. The third kappa shape index (κ3) is 4.61. The van der Waals surface area contributed by atoms with Gasteiger partial charge in [0.25, 0.3) is 10.0 Å². The summed E-state index contributed by atoms with van der Waals surface area (Å²) in [7, 11) is -3.48. The summed E-state index contributed by atoms with van der Waals surface area (Å²) in [6, 6.07) is 11.4. The standard InChI is InChI=1S/C20H22N4O4S2/c1-14-4-6-15(7-5-14)13-17-22-23-20(28-17)21-19(25)16-8-10-24(11-9-16)30(26,27)18-3-2-12-29-18/h2-7,12,16H,8-11,13H2,1H3,(H,21,23,25).